The van der Waals surface area contributed by atoms with Crippen LogP contribution in [0.4, 0.5) is 4.79 Å². The Morgan fingerprint density at radius 3 is 2.35 bits per heavy atom. The molecule has 1 aliphatic rings. The predicted molar refractivity (Wildman–Crippen MR) is 96.3 cm³/mol. The molecule has 3 rings (SSSR count). The molecule has 7 heteroatoms. The summed E-state index contributed by atoms with van der Waals surface area (Å²) in [6.07, 6.45) is 0.697. The average molecular weight is 355 g/mol. The Kier molecular flexibility index (Phi) is 5.58. The second-order valence-corrected chi connectivity index (χ2v) is 5.90. The van der Waals surface area contributed by atoms with E-state index in [0.29, 0.717) is 38.3 Å². The molecule has 0 saturated heterocycles. The molecule has 3 amide bonds. The van der Waals surface area contributed by atoms with Gasteiger partial charge in [-0.15, -0.1) is 0 Å². The quantitative estimate of drug-likeness (QED) is 0.732. The normalized spacial score (nSPS) is 12.3. The maximum absolute atomic E-state index is 12.2. The number of hydrogen-bond donors (Lipinski definition) is 3. The van der Waals surface area contributed by atoms with E-state index in [9.17, 15) is 9.59 Å². The number of rotatable bonds is 6. The molecular weight excluding hydrogens is 334 g/mol. The zero-order valence-corrected chi connectivity index (χ0v) is 14.3. The summed E-state index contributed by atoms with van der Waals surface area (Å²) >= 11 is 0. The van der Waals surface area contributed by atoms with Crippen LogP contribution in [-0.4, -0.2) is 31.7 Å². The lowest BCUT2D eigenvalue weighted by Gasteiger charge is -2.18. The van der Waals surface area contributed by atoms with Crippen LogP contribution in [0.3, 0.4) is 0 Å². The van der Waals surface area contributed by atoms with E-state index in [0.717, 1.165) is 22.6 Å². The minimum atomic E-state index is -0.578. The number of amides is 3. The lowest BCUT2D eigenvalue weighted by atomic mass is 10.1. The number of carbonyl (C=O) groups is 2. The number of fused-ring (bicyclic) bond motifs is 1. The Labute approximate surface area is 151 Å². The van der Waals surface area contributed by atoms with E-state index in [1.54, 1.807) is 24.3 Å². The molecule has 1 heterocycles. The Hall–Kier alpha value is -3.22. The third-order valence-corrected chi connectivity index (χ3v) is 3.99. The van der Waals surface area contributed by atoms with E-state index >= 15 is 0 Å². The largest absolute Gasteiger partial charge is 0.486 e. The molecular formula is C19H21N3O4. The molecule has 0 bridgehead atoms. The molecule has 2 aromatic carbocycles. The van der Waals surface area contributed by atoms with Gasteiger partial charge in [-0.3, -0.25) is 4.79 Å². The van der Waals surface area contributed by atoms with Crippen LogP contribution < -0.4 is 25.8 Å². The summed E-state index contributed by atoms with van der Waals surface area (Å²) in [6.45, 7) is 1.97. The molecule has 2 aromatic rings. The van der Waals surface area contributed by atoms with Gasteiger partial charge >= 0.3 is 6.03 Å². The van der Waals surface area contributed by atoms with E-state index in [1.165, 1.54) is 0 Å². The van der Waals surface area contributed by atoms with Gasteiger partial charge in [0.1, 0.15) is 13.2 Å². The number of carbonyl (C=O) groups excluding carboxylic acids is 2. The van der Waals surface area contributed by atoms with Crippen molar-refractivity contribution in [3.63, 3.8) is 0 Å². The SMILES string of the molecule is NC(=O)NCc1ccc(C(=O)NCCc2ccc3c(c2)OCCO3)cc1. The van der Waals surface area contributed by atoms with Gasteiger partial charge in [0, 0.05) is 18.7 Å². The van der Waals surface area contributed by atoms with Gasteiger partial charge in [-0.2, -0.15) is 0 Å². The van der Waals surface area contributed by atoms with Crippen LogP contribution in [0.2, 0.25) is 0 Å². The zero-order valence-electron chi connectivity index (χ0n) is 14.3. The number of primary amides is 1. The van der Waals surface area contributed by atoms with E-state index in [2.05, 4.69) is 10.6 Å². The fourth-order valence-electron chi connectivity index (χ4n) is 2.63. The van der Waals surface area contributed by atoms with Crippen molar-refractivity contribution in [2.45, 2.75) is 13.0 Å². The molecule has 0 aromatic heterocycles. The summed E-state index contributed by atoms with van der Waals surface area (Å²) in [4.78, 5) is 22.9. The summed E-state index contributed by atoms with van der Waals surface area (Å²) < 4.78 is 11.1. The summed E-state index contributed by atoms with van der Waals surface area (Å²) in [5.41, 5.74) is 7.54. The highest BCUT2D eigenvalue weighted by atomic mass is 16.6. The Morgan fingerprint density at radius 1 is 0.923 bits per heavy atom. The molecule has 0 fully saturated rings. The van der Waals surface area contributed by atoms with Crippen LogP contribution in [0.15, 0.2) is 42.5 Å². The minimum Gasteiger partial charge on any atom is -0.486 e. The highest BCUT2D eigenvalue weighted by molar-refractivity contribution is 5.94. The van der Waals surface area contributed by atoms with Gasteiger partial charge in [-0.05, 0) is 41.8 Å². The second kappa shape index (κ2) is 8.24. The molecule has 0 radical (unpaired) electrons. The van der Waals surface area contributed by atoms with Crippen molar-refractivity contribution in [3.05, 3.63) is 59.2 Å². The van der Waals surface area contributed by atoms with E-state index in [1.807, 2.05) is 18.2 Å². The summed E-state index contributed by atoms with van der Waals surface area (Å²) in [5.74, 6) is 1.37. The van der Waals surface area contributed by atoms with Crippen molar-refractivity contribution in [1.82, 2.24) is 10.6 Å². The number of nitrogens with two attached hydrogens (primary N) is 1. The smallest absolute Gasteiger partial charge is 0.312 e. The van der Waals surface area contributed by atoms with Crippen molar-refractivity contribution < 1.29 is 19.1 Å². The van der Waals surface area contributed by atoms with E-state index in [4.69, 9.17) is 15.2 Å². The van der Waals surface area contributed by atoms with Gasteiger partial charge in [-0.1, -0.05) is 18.2 Å². The zero-order chi connectivity index (χ0) is 18.4. The summed E-state index contributed by atoms with van der Waals surface area (Å²) in [7, 11) is 0. The first-order valence-corrected chi connectivity index (χ1v) is 8.41. The van der Waals surface area contributed by atoms with Crippen LogP contribution >= 0.6 is 0 Å². The average Bonchev–Trinajstić information content (AvgIpc) is 2.66. The standard InChI is InChI=1S/C19H21N3O4/c20-19(24)22-12-14-1-4-15(5-2-14)18(23)21-8-7-13-3-6-16-17(11-13)26-10-9-25-16/h1-6,11H,7-10,12H2,(H,21,23)(H3,20,22,24). The van der Waals surface area contributed by atoms with E-state index < -0.39 is 6.03 Å². The fraction of sp³-hybridized carbons (Fsp3) is 0.263. The first-order chi connectivity index (χ1) is 12.6. The van der Waals surface area contributed by atoms with Crippen molar-refractivity contribution >= 4 is 11.9 Å². The topological polar surface area (TPSA) is 103 Å². The molecule has 136 valence electrons. The predicted octanol–water partition coefficient (Wildman–Crippen LogP) is 1.60. The molecule has 26 heavy (non-hydrogen) atoms. The minimum absolute atomic E-state index is 0.142. The number of hydrogen-bond acceptors (Lipinski definition) is 4. The number of benzene rings is 2. The van der Waals surface area contributed by atoms with E-state index in [-0.39, 0.29) is 5.91 Å². The lowest BCUT2D eigenvalue weighted by molar-refractivity contribution is 0.0954. The van der Waals surface area contributed by atoms with Crippen LogP contribution in [0, 0.1) is 0 Å². The van der Waals surface area contributed by atoms with Gasteiger partial charge in [-0.25, -0.2) is 4.79 Å². The van der Waals surface area contributed by atoms with Gasteiger partial charge in [0.25, 0.3) is 5.91 Å². The monoisotopic (exact) mass is 355 g/mol. The molecule has 0 atom stereocenters. The maximum atomic E-state index is 12.2. The molecule has 0 aliphatic carbocycles. The number of urea groups is 1. The molecule has 0 saturated carbocycles. The fourth-order valence-corrected chi connectivity index (χ4v) is 2.63. The Morgan fingerprint density at radius 2 is 1.62 bits per heavy atom. The van der Waals surface area contributed by atoms with Gasteiger partial charge < -0.3 is 25.8 Å². The Bertz CT molecular complexity index is 790. The maximum Gasteiger partial charge on any atom is 0.312 e. The van der Waals surface area contributed by atoms with Gasteiger partial charge in [0.15, 0.2) is 11.5 Å². The van der Waals surface area contributed by atoms with Crippen LogP contribution in [0.25, 0.3) is 0 Å². The summed E-state index contributed by atoms with van der Waals surface area (Å²) in [5, 5.41) is 5.40. The van der Waals surface area contributed by atoms with Crippen LogP contribution in [-0.2, 0) is 13.0 Å². The van der Waals surface area contributed by atoms with Crippen molar-refractivity contribution in [3.8, 4) is 11.5 Å². The van der Waals surface area contributed by atoms with Crippen LogP contribution in [0.5, 0.6) is 11.5 Å². The molecule has 7 nitrogen and oxygen atoms in total. The van der Waals surface area contributed by atoms with Crippen LogP contribution in [0.1, 0.15) is 21.5 Å². The number of ether oxygens (including phenoxy) is 2. The van der Waals surface area contributed by atoms with Crippen molar-refractivity contribution in [1.29, 1.82) is 0 Å². The van der Waals surface area contributed by atoms with Crippen molar-refractivity contribution in [2.75, 3.05) is 19.8 Å². The Balaban J connectivity index is 1.48. The highest BCUT2D eigenvalue weighted by Gasteiger charge is 2.12. The lowest BCUT2D eigenvalue weighted by Crippen LogP contribution is -2.28. The number of nitrogens with one attached hydrogen (secondary N) is 2. The van der Waals surface area contributed by atoms with Gasteiger partial charge in [0.2, 0.25) is 0 Å². The molecule has 0 unspecified atom stereocenters. The third kappa shape index (κ3) is 4.66. The molecule has 0 spiro atoms. The third-order valence-electron chi connectivity index (χ3n) is 3.99. The highest BCUT2D eigenvalue weighted by Crippen LogP contribution is 2.30. The van der Waals surface area contributed by atoms with Crippen molar-refractivity contribution in [2.24, 2.45) is 5.73 Å². The first-order valence-electron chi connectivity index (χ1n) is 8.41. The second-order valence-electron chi connectivity index (χ2n) is 5.90. The van der Waals surface area contributed by atoms with Gasteiger partial charge in [0.05, 0.1) is 0 Å². The molecule has 4 N–H and O–H groups in total. The first kappa shape index (κ1) is 17.6. The molecule has 1 aliphatic heterocycles. The summed E-state index contributed by atoms with van der Waals surface area (Å²) in [6, 6.07) is 12.2.